The van der Waals surface area contributed by atoms with Gasteiger partial charge in [0.15, 0.2) is 23.9 Å². The minimum atomic E-state index is -0.550. The van der Waals surface area contributed by atoms with Gasteiger partial charge in [-0.2, -0.15) is 9.78 Å². The Labute approximate surface area is 258 Å². The van der Waals surface area contributed by atoms with E-state index in [0.717, 1.165) is 5.39 Å². The molecule has 220 valence electrons. The van der Waals surface area contributed by atoms with Crippen molar-refractivity contribution in [3.05, 3.63) is 117 Å². The summed E-state index contributed by atoms with van der Waals surface area (Å²) in [6.45, 7) is 1.75. The third-order valence-corrected chi connectivity index (χ3v) is 7.27. The largest absolute Gasteiger partial charge is 0.490 e. The predicted octanol–water partition coefficient (Wildman–Crippen LogP) is 7.01. The first-order valence-electron chi connectivity index (χ1n) is 13.6. The van der Waals surface area contributed by atoms with Gasteiger partial charge in [0, 0.05) is 15.4 Å². The fourth-order valence-corrected chi connectivity index (χ4v) is 4.95. The fourth-order valence-electron chi connectivity index (χ4n) is 4.53. The SMILES string of the molecule is CCOc1cc(C=Nn2c(-c3cc4ccccc4o3)nc3ccccc3c2=O)c(Br)cc1OCC(=O)Nc1ccccc1F. The van der Waals surface area contributed by atoms with Gasteiger partial charge in [-0.3, -0.25) is 9.59 Å². The van der Waals surface area contributed by atoms with E-state index in [4.69, 9.17) is 18.9 Å². The van der Waals surface area contributed by atoms with E-state index in [-0.39, 0.29) is 29.4 Å². The number of furan rings is 1. The van der Waals surface area contributed by atoms with Crippen molar-refractivity contribution in [2.45, 2.75) is 6.92 Å². The van der Waals surface area contributed by atoms with E-state index in [9.17, 15) is 14.0 Å². The Morgan fingerprint density at radius 3 is 2.59 bits per heavy atom. The molecule has 9 nitrogen and oxygen atoms in total. The van der Waals surface area contributed by atoms with Gasteiger partial charge in [0.25, 0.3) is 11.5 Å². The van der Waals surface area contributed by atoms with E-state index in [0.29, 0.717) is 44.6 Å². The van der Waals surface area contributed by atoms with Crippen LogP contribution in [0, 0.1) is 5.82 Å². The van der Waals surface area contributed by atoms with Crippen molar-refractivity contribution in [2.75, 3.05) is 18.5 Å². The second-order valence-corrected chi connectivity index (χ2v) is 10.4. The molecule has 0 unspecified atom stereocenters. The van der Waals surface area contributed by atoms with Crippen molar-refractivity contribution in [1.82, 2.24) is 9.66 Å². The van der Waals surface area contributed by atoms with Crippen molar-refractivity contribution >= 4 is 55.6 Å². The van der Waals surface area contributed by atoms with E-state index in [1.807, 2.05) is 43.3 Å². The average Bonchev–Trinajstić information content (AvgIpc) is 3.46. The Bertz CT molecular complexity index is 2070. The van der Waals surface area contributed by atoms with Gasteiger partial charge in [-0.15, -0.1) is 0 Å². The number of rotatable bonds is 9. The molecule has 0 aliphatic heterocycles. The number of hydrogen-bond acceptors (Lipinski definition) is 7. The summed E-state index contributed by atoms with van der Waals surface area (Å²) in [5, 5.41) is 8.27. The third kappa shape index (κ3) is 5.95. The number of nitrogens with zero attached hydrogens (tertiary/aromatic N) is 3. The third-order valence-electron chi connectivity index (χ3n) is 6.58. The summed E-state index contributed by atoms with van der Waals surface area (Å²) < 4.78 is 33.2. The highest BCUT2D eigenvalue weighted by Gasteiger charge is 2.17. The van der Waals surface area contributed by atoms with Crippen LogP contribution in [0.3, 0.4) is 0 Å². The maximum absolute atomic E-state index is 13.9. The van der Waals surface area contributed by atoms with Gasteiger partial charge in [-0.1, -0.05) is 42.5 Å². The summed E-state index contributed by atoms with van der Waals surface area (Å²) in [6, 6.07) is 25.5. The van der Waals surface area contributed by atoms with E-state index in [1.54, 1.807) is 36.4 Å². The molecule has 6 rings (SSSR count). The van der Waals surface area contributed by atoms with Crippen LogP contribution in [0.25, 0.3) is 33.5 Å². The van der Waals surface area contributed by atoms with Crippen molar-refractivity contribution in [3.8, 4) is 23.1 Å². The number of hydrogen-bond donors (Lipinski definition) is 1. The molecule has 0 atom stereocenters. The topological polar surface area (TPSA) is 108 Å². The average molecular weight is 655 g/mol. The van der Waals surface area contributed by atoms with Crippen LogP contribution in [0.5, 0.6) is 11.5 Å². The number of nitrogens with one attached hydrogen (secondary N) is 1. The summed E-state index contributed by atoms with van der Waals surface area (Å²) in [6.07, 6.45) is 1.49. The molecule has 0 spiro atoms. The lowest BCUT2D eigenvalue weighted by molar-refractivity contribution is -0.118. The first-order chi connectivity index (χ1) is 21.4. The first kappa shape index (κ1) is 28.8. The Morgan fingerprint density at radius 2 is 1.77 bits per heavy atom. The zero-order valence-corrected chi connectivity index (χ0v) is 24.9. The van der Waals surface area contributed by atoms with E-state index >= 15 is 0 Å². The van der Waals surface area contributed by atoms with Gasteiger partial charge in [0.2, 0.25) is 5.82 Å². The molecule has 0 aliphatic carbocycles. The molecule has 2 heterocycles. The highest BCUT2D eigenvalue weighted by Crippen LogP contribution is 2.34. The van der Waals surface area contributed by atoms with Crippen LogP contribution in [0.1, 0.15) is 12.5 Å². The van der Waals surface area contributed by atoms with Gasteiger partial charge < -0.3 is 19.2 Å². The van der Waals surface area contributed by atoms with E-state index < -0.39 is 11.7 Å². The Morgan fingerprint density at radius 1 is 1.02 bits per heavy atom. The summed E-state index contributed by atoms with van der Waals surface area (Å²) in [4.78, 5) is 30.8. The molecule has 6 aromatic rings. The van der Waals surface area contributed by atoms with Crippen LogP contribution in [0.4, 0.5) is 10.1 Å². The number of ether oxygens (including phenoxy) is 2. The van der Waals surface area contributed by atoms with Crippen LogP contribution in [0.2, 0.25) is 0 Å². The second kappa shape index (κ2) is 12.5. The molecule has 0 bridgehead atoms. The first-order valence-corrected chi connectivity index (χ1v) is 14.4. The molecular weight excluding hydrogens is 631 g/mol. The standard InChI is InChI=1S/C33H24BrFN4O5/c1-2-42-28-16-21(23(34)17-29(28)43-19-31(40)37-26-13-7-5-11-24(26)35)18-36-39-32(30-15-20-9-3-8-14-27(20)44-30)38-25-12-6-4-10-22(25)33(39)41/h3-18H,2,19H2,1H3,(H,37,40). The maximum atomic E-state index is 13.9. The number of halogens is 2. The van der Waals surface area contributed by atoms with E-state index in [1.165, 1.54) is 29.1 Å². The monoisotopic (exact) mass is 654 g/mol. The summed E-state index contributed by atoms with van der Waals surface area (Å²) >= 11 is 3.52. The fraction of sp³-hybridized carbons (Fsp3) is 0.0909. The molecule has 0 fully saturated rings. The quantitative estimate of drug-likeness (QED) is 0.168. The maximum Gasteiger partial charge on any atom is 0.282 e. The van der Waals surface area contributed by atoms with Gasteiger partial charge in [0.05, 0.1) is 29.4 Å². The molecule has 0 saturated heterocycles. The lowest BCUT2D eigenvalue weighted by Crippen LogP contribution is -2.21. The minimum absolute atomic E-state index is 0.0549. The zero-order chi connectivity index (χ0) is 30.6. The lowest BCUT2D eigenvalue weighted by atomic mass is 10.2. The number of carbonyl (C=O) groups is 1. The highest BCUT2D eigenvalue weighted by atomic mass is 79.9. The molecule has 1 amide bonds. The molecule has 4 aromatic carbocycles. The predicted molar refractivity (Wildman–Crippen MR) is 170 cm³/mol. The summed E-state index contributed by atoms with van der Waals surface area (Å²) in [5.41, 5.74) is 1.42. The van der Waals surface area contributed by atoms with Crippen LogP contribution >= 0.6 is 15.9 Å². The van der Waals surface area contributed by atoms with Crippen molar-refractivity contribution in [1.29, 1.82) is 0 Å². The van der Waals surface area contributed by atoms with Crippen LogP contribution < -0.4 is 20.3 Å². The molecule has 0 aliphatic rings. The lowest BCUT2D eigenvalue weighted by Gasteiger charge is -2.14. The highest BCUT2D eigenvalue weighted by molar-refractivity contribution is 9.10. The molecule has 11 heteroatoms. The molecule has 0 radical (unpaired) electrons. The minimum Gasteiger partial charge on any atom is -0.490 e. The van der Waals surface area contributed by atoms with Gasteiger partial charge in [-0.25, -0.2) is 9.37 Å². The van der Waals surface area contributed by atoms with Crippen molar-refractivity contribution in [2.24, 2.45) is 5.10 Å². The normalized spacial score (nSPS) is 11.3. The molecular formula is C33H24BrFN4O5. The molecule has 0 saturated carbocycles. The van der Waals surface area contributed by atoms with Crippen LogP contribution in [-0.4, -0.2) is 35.0 Å². The van der Waals surface area contributed by atoms with Crippen molar-refractivity contribution in [3.63, 3.8) is 0 Å². The van der Waals surface area contributed by atoms with E-state index in [2.05, 4.69) is 26.3 Å². The Balaban J connectivity index is 1.33. The summed E-state index contributed by atoms with van der Waals surface area (Å²) in [5.74, 6) is 0.164. The number of fused-ring (bicyclic) bond motifs is 2. The number of para-hydroxylation sites is 3. The van der Waals surface area contributed by atoms with Gasteiger partial charge in [0.1, 0.15) is 11.4 Å². The molecule has 44 heavy (non-hydrogen) atoms. The van der Waals surface area contributed by atoms with Crippen molar-refractivity contribution < 1.29 is 23.1 Å². The smallest absolute Gasteiger partial charge is 0.282 e. The van der Waals surface area contributed by atoms with Crippen LogP contribution in [0.15, 0.2) is 110 Å². The number of benzene rings is 4. The summed E-state index contributed by atoms with van der Waals surface area (Å²) in [7, 11) is 0. The molecule has 1 N–H and O–H groups in total. The number of carbonyl (C=O) groups excluding carboxylic acids is 1. The molecule has 2 aromatic heterocycles. The second-order valence-electron chi connectivity index (χ2n) is 9.53. The zero-order valence-electron chi connectivity index (χ0n) is 23.3. The number of amides is 1. The van der Waals surface area contributed by atoms with Crippen LogP contribution in [-0.2, 0) is 4.79 Å². The Kier molecular flexibility index (Phi) is 8.20. The number of aromatic nitrogens is 2. The Hall–Kier alpha value is -5.29. The van der Waals surface area contributed by atoms with Gasteiger partial charge >= 0.3 is 0 Å². The number of anilines is 1. The van der Waals surface area contributed by atoms with Gasteiger partial charge in [-0.05, 0) is 71.4 Å².